The lowest BCUT2D eigenvalue weighted by atomic mass is 9.75. The standard InChI is InChI=1S/C24H31F2N3/c1-24(2,3)18-9-13-28(14-10-18)12-4-5-17-6-7-19-20-16-27-11-8-21(20)29(23(25)26)22(19)15-17/h6-8,11,15-16,18,23H,4-5,9-10,12-14H2,1-3H3. The second-order valence-electron chi connectivity index (χ2n) is 9.48. The molecule has 3 heterocycles. The molecule has 1 aromatic carbocycles. The summed E-state index contributed by atoms with van der Waals surface area (Å²) in [6, 6.07) is 7.66. The minimum Gasteiger partial charge on any atom is -0.303 e. The number of benzene rings is 1. The molecule has 0 saturated carbocycles. The van der Waals surface area contributed by atoms with Gasteiger partial charge in [-0.25, -0.2) is 0 Å². The summed E-state index contributed by atoms with van der Waals surface area (Å²) >= 11 is 0. The van der Waals surface area contributed by atoms with Gasteiger partial charge in [-0.2, -0.15) is 8.78 Å². The highest BCUT2D eigenvalue weighted by Gasteiger charge is 2.28. The van der Waals surface area contributed by atoms with E-state index in [4.69, 9.17) is 0 Å². The number of aromatic nitrogens is 2. The van der Waals surface area contributed by atoms with Gasteiger partial charge in [0.25, 0.3) is 0 Å². The highest BCUT2D eigenvalue weighted by atomic mass is 19.3. The van der Waals surface area contributed by atoms with Crippen molar-refractivity contribution in [3.8, 4) is 0 Å². The predicted molar refractivity (Wildman–Crippen MR) is 115 cm³/mol. The molecule has 0 radical (unpaired) electrons. The molecule has 4 rings (SSSR count). The Balaban J connectivity index is 1.43. The number of alkyl halides is 2. The second-order valence-corrected chi connectivity index (χ2v) is 9.48. The number of fused-ring (bicyclic) bond motifs is 3. The Labute approximate surface area is 171 Å². The molecule has 2 aromatic heterocycles. The van der Waals surface area contributed by atoms with E-state index in [1.807, 2.05) is 12.1 Å². The Bertz CT molecular complexity index is 979. The molecule has 1 saturated heterocycles. The number of likely N-dealkylation sites (tertiary alicyclic amines) is 1. The van der Waals surface area contributed by atoms with Crippen molar-refractivity contribution in [2.45, 2.75) is 53.0 Å². The average molecular weight is 400 g/mol. The third-order valence-electron chi connectivity index (χ3n) is 6.62. The number of rotatable bonds is 5. The van der Waals surface area contributed by atoms with Crippen molar-refractivity contribution in [3.63, 3.8) is 0 Å². The van der Waals surface area contributed by atoms with E-state index in [-0.39, 0.29) is 0 Å². The minimum absolute atomic E-state index is 0.403. The highest BCUT2D eigenvalue weighted by Crippen LogP contribution is 2.35. The van der Waals surface area contributed by atoms with Crippen LogP contribution in [0.25, 0.3) is 21.8 Å². The average Bonchev–Trinajstić information content (AvgIpc) is 3.01. The van der Waals surface area contributed by atoms with Crippen molar-refractivity contribution in [1.29, 1.82) is 0 Å². The quantitative estimate of drug-likeness (QED) is 0.504. The summed E-state index contributed by atoms with van der Waals surface area (Å²) in [5, 5.41) is 1.64. The second kappa shape index (κ2) is 8.02. The van der Waals surface area contributed by atoms with Crippen molar-refractivity contribution < 1.29 is 8.78 Å². The molecule has 156 valence electrons. The fourth-order valence-corrected chi connectivity index (χ4v) is 4.83. The molecule has 29 heavy (non-hydrogen) atoms. The predicted octanol–water partition coefficient (Wildman–Crippen LogP) is 6.28. The summed E-state index contributed by atoms with van der Waals surface area (Å²) in [5.41, 5.74) is 2.68. The van der Waals surface area contributed by atoms with Gasteiger partial charge in [0.2, 0.25) is 0 Å². The van der Waals surface area contributed by atoms with E-state index < -0.39 is 6.55 Å². The Morgan fingerprint density at radius 2 is 1.83 bits per heavy atom. The molecule has 0 spiro atoms. The number of hydrogen-bond donors (Lipinski definition) is 0. The van der Waals surface area contributed by atoms with Crippen LogP contribution in [0.1, 0.15) is 52.1 Å². The number of nitrogens with zero attached hydrogens (tertiary/aromatic N) is 3. The van der Waals surface area contributed by atoms with Crippen molar-refractivity contribution in [2.24, 2.45) is 11.3 Å². The molecule has 5 heteroatoms. The lowest BCUT2D eigenvalue weighted by Gasteiger charge is -2.38. The van der Waals surface area contributed by atoms with Gasteiger partial charge in [0.1, 0.15) is 0 Å². The summed E-state index contributed by atoms with van der Waals surface area (Å²) in [5.74, 6) is 0.812. The first kappa shape index (κ1) is 20.3. The summed E-state index contributed by atoms with van der Waals surface area (Å²) in [4.78, 5) is 6.67. The zero-order chi connectivity index (χ0) is 20.6. The van der Waals surface area contributed by atoms with Crippen LogP contribution < -0.4 is 0 Å². The SMILES string of the molecule is CC(C)(C)C1CCN(CCCc2ccc3c4cnccc4n(C(F)F)c3c2)CC1. The number of pyridine rings is 1. The van der Waals surface area contributed by atoms with Crippen LogP contribution in [0.3, 0.4) is 0 Å². The monoisotopic (exact) mass is 399 g/mol. The van der Waals surface area contributed by atoms with Crippen LogP contribution in [0.5, 0.6) is 0 Å². The molecule has 1 fully saturated rings. The van der Waals surface area contributed by atoms with Gasteiger partial charge in [-0.15, -0.1) is 0 Å². The molecular weight excluding hydrogens is 368 g/mol. The highest BCUT2D eigenvalue weighted by molar-refractivity contribution is 6.07. The van der Waals surface area contributed by atoms with Crippen LogP contribution in [0.4, 0.5) is 8.78 Å². The lowest BCUT2D eigenvalue weighted by molar-refractivity contribution is 0.0796. The normalized spacial score (nSPS) is 17.0. The molecule has 0 unspecified atom stereocenters. The largest absolute Gasteiger partial charge is 0.319 e. The van der Waals surface area contributed by atoms with Crippen LogP contribution in [0.15, 0.2) is 36.7 Å². The fourth-order valence-electron chi connectivity index (χ4n) is 4.83. The van der Waals surface area contributed by atoms with Gasteiger partial charge >= 0.3 is 6.55 Å². The minimum atomic E-state index is -2.56. The maximum Gasteiger partial charge on any atom is 0.319 e. The van der Waals surface area contributed by atoms with Crippen molar-refractivity contribution in [2.75, 3.05) is 19.6 Å². The third kappa shape index (κ3) is 4.16. The molecule has 0 N–H and O–H groups in total. The molecule has 0 aliphatic carbocycles. The van der Waals surface area contributed by atoms with E-state index in [9.17, 15) is 8.78 Å². The zero-order valence-electron chi connectivity index (χ0n) is 17.7. The van der Waals surface area contributed by atoms with Crippen LogP contribution >= 0.6 is 0 Å². The maximum atomic E-state index is 13.7. The van der Waals surface area contributed by atoms with Crippen LogP contribution in [-0.2, 0) is 6.42 Å². The van der Waals surface area contributed by atoms with Crippen LogP contribution in [-0.4, -0.2) is 34.1 Å². The van der Waals surface area contributed by atoms with Crippen LogP contribution in [0, 0.1) is 11.3 Å². The number of aryl methyl sites for hydroxylation is 1. The Kier molecular flexibility index (Phi) is 5.60. The summed E-state index contributed by atoms with van der Waals surface area (Å²) in [6.07, 6.45) is 7.78. The summed E-state index contributed by atoms with van der Waals surface area (Å²) in [6.45, 7) is 7.91. The first-order valence-corrected chi connectivity index (χ1v) is 10.7. The molecule has 0 amide bonds. The maximum absolute atomic E-state index is 13.7. The number of hydrogen-bond acceptors (Lipinski definition) is 2. The van der Waals surface area contributed by atoms with E-state index in [1.54, 1.807) is 18.5 Å². The molecule has 1 aliphatic heterocycles. The summed E-state index contributed by atoms with van der Waals surface area (Å²) < 4.78 is 28.6. The van der Waals surface area contributed by atoms with Crippen molar-refractivity contribution >= 4 is 21.8 Å². The molecule has 1 aliphatic rings. The number of halogens is 2. The fraction of sp³-hybridized carbons (Fsp3) is 0.542. The van der Waals surface area contributed by atoms with E-state index in [0.717, 1.165) is 46.2 Å². The molecule has 3 nitrogen and oxygen atoms in total. The molecule has 0 atom stereocenters. The molecular formula is C24H31F2N3. The van der Waals surface area contributed by atoms with Gasteiger partial charge < -0.3 is 4.90 Å². The van der Waals surface area contributed by atoms with Gasteiger partial charge in [0.15, 0.2) is 0 Å². The summed E-state index contributed by atoms with van der Waals surface area (Å²) in [7, 11) is 0. The zero-order valence-corrected chi connectivity index (χ0v) is 17.7. The van der Waals surface area contributed by atoms with Crippen molar-refractivity contribution in [1.82, 2.24) is 14.5 Å². The first-order valence-electron chi connectivity index (χ1n) is 10.7. The third-order valence-corrected chi connectivity index (χ3v) is 6.62. The van der Waals surface area contributed by atoms with Gasteiger partial charge in [-0.3, -0.25) is 9.55 Å². The van der Waals surface area contributed by atoms with E-state index in [1.165, 1.54) is 25.9 Å². The van der Waals surface area contributed by atoms with Gasteiger partial charge in [-0.05, 0) is 74.3 Å². The van der Waals surface area contributed by atoms with Gasteiger partial charge in [0, 0.05) is 23.2 Å². The lowest BCUT2D eigenvalue weighted by Crippen LogP contribution is -2.38. The van der Waals surface area contributed by atoms with Gasteiger partial charge in [0.05, 0.1) is 11.0 Å². The van der Waals surface area contributed by atoms with E-state index >= 15 is 0 Å². The molecule has 3 aromatic rings. The first-order chi connectivity index (χ1) is 13.8. The Morgan fingerprint density at radius 1 is 1.07 bits per heavy atom. The Hall–Kier alpha value is -2.01. The van der Waals surface area contributed by atoms with Gasteiger partial charge in [-0.1, -0.05) is 32.9 Å². The van der Waals surface area contributed by atoms with E-state index in [2.05, 4.69) is 36.7 Å². The smallest absolute Gasteiger partial charge is 0.303 e. The molecule has 0 bridgehead atoms. The van der Waals surface area contributed by atoms with Crippen molar-refractivity contribution in [3.05, 3.63) is 42.2 Å². The number of piperidine rings is 1. The topological polar surface area (TPSA) is 21.1 Å². The van der Waals surface area contributed by atoms with E-state index in [0.29, 0.717) is 16.4 Å². The van der Waals surface area contributed by atoms with Crippen LogP contribution in [0.2, 0.25) is 0 Å². The Morgan fingerprint density at radius 3 is 2.52 bits per heavy atom.